The van der Waals surface area contributed by atoms with Crippen molar-refractivity contribution in [3.63, 3.8) is 0 Å². The second kappa shape index (κ2) is 11.5. The first kappa shape index (κ1) is 21.9. The summed E-state index contributed by atoms with van der Waals surface area (Å²) in [7, 11) is 1.64. The molecule has 0 aliphatic rings. The van der Waals surface area contributed by atoms with E-state index in [1.807, 2.05) is 56.3 Å². The van der Waals surface area contributed by atoms with Crippen molar-refractivity contribution in [1.82, 2.24) is 0 Å². The molecule has 2 aromatic carbocycles. The maximum absolute atomic E-state index is 6.04. The first-order valence-electron chi connectivity index (χ1n) is 8.26. The number of aliphatic imine (C=N–C) groups is 1. The summed E-state index contributed by atoms with van der Waals surface area (Å²) in [5, 5.41) is 3.08. The second-order valence-corrected chi connectivity index (χ2v) is 5.16. The first-order valence-corrected chi connectivity index (χ1v) is 8.26. The number of hydrogen-bond donors (Lipinski definition) is 2. The predicted molar refractivity (Wildman–Crippen MR) is 116 cm³/mol. The molecule has 0 unspecified atom stereocenters. The third kappa shape index (κ3) is 6.29. The van der Waals surface area contributed by atoms with Gasteiger partial charge >= 0.3 is 0 Å². The highest BCUT2D eigenvalue weighted by molar-refractivity contribution is 14.0. The van der Waals surface area contributed by atoms with E-state index >= 15 is 0 Å². The van der Waals surface area contributed by atoms with Crippen molar-refractivity contribution < 1.29 is 14.2 Å². The van der Waals surface area contributed by atoms with Gasteiger partial charge in [0.25, 0.3) is 0 Å². The van der Waals surface area contributed by atoms with Gasteiger partial charge in [0.15, 0.2) is 5.96 Å². The SMILES string of the molecule is CCOc1ccc(OCC)c(NC(N)=NCc2ccccc2OC)c1.I. The third-order valence-corrected chi connectivity index (χ3v) is 3.44. The minimum Gasteiger partial charge on any atom is -0.496 e. The molecule has 7 heteroatoms. The number of anilines is 1. The average Bonchev–Trinajstić information content (AvgIpc) is 2.62. The second-order valence-electron chi connectivity index (χ2n) is 5.16. The highest BCUT2D eigenvalue weighted by atomic mass is 127. The van der Waals surface area contributed by atoms with Gasteiger partial charge in [-0.2, -0.15) is 0 Å². The van der Waals surface area contributed by atoms with Crippen LogP contribution in [0.5, 0.6) is 17.2 Å². The topological polar surface area (TPSA) is 78.1 Å². The van der Waals surface area contributed by atoms with Crippen molar-refractivity contribution in [3.8, 4) is 17.2 Å². The van der Waals surface area contributed by atoms with Crippen LogP contribution in [0, 0.1) is 0 Å². The Hall–Kier alpha value is -2.16. The maximum Gasteiger partial charge on any atom is 0.193 e. The number of benzene rings is 2. The van der Waals surface area contributed by atoms with Gasteiger partial charge in [-0.05, 0) is 32.0 Å². The van der Waals surface area contributed by atoms with E-state index in [9.17, 15) is 0 Å². The number of nitrogens with two attached hydrogens (primary N) is 1. The van der Waals surface area contributed by atoms with E-state index in [4.69, 9.17) is 19.9 Å². The Morgan fingerprint density at radius 2 is 1.77 bits per heavy atom. The molecule has 0 bridgehead atoms. The lowest BCUT2D eigenvalue weighted by molar-refractivity contribution is 0.332. The molecule has 0 radical (unpaired) electrons. The summed E-state index contributed by atoms with van der Waals surface area (Å²) in [4.78, 5) is 4.38. The molecule has 3 N–H and O–H groups in total. The molecular formula is C19H26IN3O3. The molecule has 0 spiro atoms. The van der Waals surface area contributed by atoms with Crippen LogP contribution in [0.4, 0.5) is 5.69 Å². The van der Waals surface area contributed by atoms with Gasteiger partial charge in [0, 0.05) is 11.6 Å². The average molecular weight is 471 g/mol. The molecule has 2 rings (SSSR count). The van der Waals surface area contributed by atoms with Gasteiger partial charge in [0.05, 0.1) is 32.6 Å². The van der Waals surface area contributed by atoms with Crippen molar-refractivity contribution in [2.75, 3.05) is 25.6 Å². The molecule has 0 aliphatic carbocycles. The van der Waals surface area contributed by atoms with Crippen LogP contribution in [0.2, 0.25) is 0 Å². The molecule has 0 saturated carbocycles. The number of ether oxygens (including phenoxy) is 3. The molecular weight excluding hydrogens is 445 g/mol. The summed E-state index contributed by atoms with van der Waals surface area (Å²) < 4.78 is 16.5. The number of methoxy groups -OCH3 is 1. The maximum atomic E-state index is 6.04. The van der Waals surface area contributed by atoms with E-state index in [1.165, 1.54) is 0 Å². The Bertz CT molecular complexity index is 723. The third-order valence-electron chi connectivity index (χ3n) is 3.44. The summed E-state index contributed by atoms with van der Waals surface area (Å²) in [6, 6.07) is 13.3. The minimum atomic E-state index is 0. The lowest BCUT2D eigenvalue weighted by Crippen LogP contribution is -2.23. The Morgan fingerprint density at radius 1 is 1.04 bits per heavy atom. The summed E-state index contributed by atoms with van der Waals surface area (Å²) in [6.45, 7) is 5.43. The number of nitrogens with one attached hydrogen (secondary N) is 1. The van der Waals surface area contributed by atoms with Crippen molar-refractivity contribution in [3.05, 3.63) is 48.0 Å². The van der Waals surface area contributed by atoms with E-state index in [0.717, 1.165) is 17.1 Å². The molecule has 6 nitrogen and oxygen atoms in total. The van der Waals surface area contributed by atoms with Crippen molar-refractivity contribution in [1.29, 1.82) is 0 Å². The van der Waals surface area contributed by atoms with Crippen LogP contribution >= 0.6 is 24.0 Å². The van der Waals surface area contributed by atoms with E-state index in [-0.39, 0.29) is 24.0 Å². The fourth-order valence-electron chi connectivity index (χ4n) is 2.33. The lowest BCUT2D eigenvalue weighted by Gasteiger charge is -2.14. The van der Waals surface area contributed by atoms with Crippen LogP contribution in [-0.4, -0.2) is 26.3 Å². The van der Waals surface area contributed by atoms with Crippen molar-refractivity contribution in [2.45, 2.75) is 20.4 Å². The zero-order valence-electron chi connectivity index (χ0n) is 15.3. The van der Waals surface area contributed by atoms with Gasteiger partial charge in [-0.15, -0.1) is 24.0 Å². The summed E-state index contributed by atoms with van der Waals surface area (Å²) in [5.41, 5.74) is 7.71. The van der Waals surface area contributed by atoms with E-state index in [1.54, 1.807) is 7.11 Å². The van der Waals surface area contributed by atoms with Gasteiger partial charge < -0.3 is 25.3 Å². The predicted octanol–water partition coefficient (Wildman–Crippen LogP) is 4.04. The fourth-order valence-corrected chi connectivity index (χ4v) is 2.33. The zero-order chi connectivity index (χ0) is 18.1. The van der Waals surface area contributed by atoms with Crippen LogP contribution in [0.25, 0.3) is 0 Å². The van der Waals surface area contributed by atoms with Crippen LogP contribution in [0.3, 0.4) is 0 Å². The molecule has 0 amide bonds. The zero-order valence-corrected chi connectivity index (χ0v) is 17.7. The number of nitrogens with zero attached hydrogens (tertiary/aromatic N) is 1. The van der Waals surface area contributed by atoms with Crippen molar-refractivity contribution >= 4 is 35.6 Å². The number of guanidine groups is 1. The Morgan fingerprint density at radius 3 is 2.46 bits per heavy atom. The molecule has 0 aromatic heterocycles. The van der Waals surface area contributed by atoms with Crippen LogP contribution < -0.4 is 25.3 Å². The van der Waals surface area contributed by atoms with E-state index < -0.39 is 0 Å². The van der Waals surface area contributed by atoms with Gasteiger partial charge in [-0.3, -0.25) is 0 Å². The molecule has 0 fully saturated rings. The minimum absolute atomic E-state index is 0. The smallest absolute Gasteiger partial charge is 0.193 e. The molecule has 2 aromatic rings. The van der Waals surface area contributed by atoms with Gasteiger partial charge in [0.2, 0.25) is 0 Å². The normalized spacial score (nSPS) is 10.7. The van der Waals surface area contributed by atoms with Crippen LogP contribution in [0.15, 0.2) is 47.5 Å². The summed E-state index contributed by atoms with van der Waals surface area (Å²) in [6.07, 6.45) is 0. The molecule has 0 atom stereocenters. The van der Waals surface area contributed by atoms with Gasteiger partial charge in [0.1, 0.15) is 17.2 Å². The van der Waals surface area contributed by atoms with Crippen molar-refractivity contribution in [2.24, 2.45) is 10.7 Å². The lowest BCUT2D eigenvalue weighted by atomic mass is 10.2. The van der Waals surface area contributed by atoms with Crippen LogP contribution in [-0.2, 0) is 6.54 Å². The Kier molecular flexibility index (Phi) is 9.64. The first-order chi connectivity index (χ1) is 12.2. The largest absolute Gasteiger partial charge is 0.496 e. The molecule has 0 aliphatic heterocycles. The Balaban J connectivity index is 0.00000338. The molecule has 0 saturated heterocycles. The number of rotatable bonds is 8. The molecule has 0 heterocycles. The Labute approximate surface area is 171 Å². The summed E-state index contributed by atoms with van der Waals surface area (Å²) in [5.74, 6) is 2.51. The van der Waals surface area contributed by atoms with E-state index in [0.29, 0.717) is 37.2 Å². The number of halogens is 1. The number of para-hydroxylation sites is 1. The number of hydrogen-bond acceptors (Lipinski definition) is 4. The quantitative estimate of drug-likeness (QED) is 0.345. The van der Waals surface area contributed by atoms with Gasteiger partial charge in [-0.25, -0.2) is 4.99 Å². The highest BCUT2D eigenvalue weighted by Crippen LogP contribution is 2.29. The molecule has 142 valence electrons. The monoisotopic (exact) mass is 471 g/mol. The van der Waals surface area contributed by atoms with Gasteiger partial charge in [-0.1, -0.05) is 18.2 Å². The fraction of sp³-hybridized carbons (Fsp3) is 0.316. The summed E-state index contributed by atoms with van der Waals surface area (Å²) >= 11 is 0. The molecule has 26 heavy (non-hydrogen) atoms. The highest BCUT2D eigenvalue weighted by Gasteiger charge is 2.07. The van der Waals surface area contributed by atoms with Crippen LogP contribution in [0.1, 0.15) is 19.4 Å². The standard InChI is InChI=1S/C19H25N3O3.HI/c1-4-24-15-10-11-18(25-5-2)16(12-15)22-19(20)21-13-14-8-6-7-9-17(14)23-3;/h6-12H,4-5,13H2,1-3H3,(H3,20,21,22);1H. The van der Waals surface area contributed by atoms with E-state index in [2.05, 4.69) is 10.3 Å².